The molecular weight excluding hydrogens is 322 g/mol. The molecular formula is C18H23N3O4. The van der Waals surface area contributed by atoms with Gasteiger partial charge in [0.25, 0.3) is 0 Å². The van der Waals surface area contributed by atoms with Crippen molar-refractivity contribution in [3.05, 3.63) is 29.8 Å². The number of esters is 1. The number of imide groups is 1. The van der Waals surface area contributed by atoms with Crippen LogP contribution in [-0.2, 0) is 19.1 Å². The van der Waals surface area contributed by atoms with E-state index in [1.54, 1.807) is 6.92 Å². The summed E-state index contributed by atoms with van der Waals surface area (Å²) >= 11 is 0. The Morgan fingerprint density at radius 2 is 1.80 bits per heavy atom. The number of nitrogens with zero attached hydrogens (tertiary/aromatic N) is 2. The van der Waals surface area contributed by atoms with Gasteiger partial charge in [0.15, 0.2) is 0 Å². The van der Waals surface area contributed by atoms with E-state index in [-0.39, 0.29) is 11.8 Å². The summed E-state index contributed by atoms with van der Waals surface area (Å²) in [6.45, 7) is 1.63. The van der Waals surface area contributed by atoms with Crippen molar-refractivity contribution in [2.24, 2.45) is 11.8 Å². The Morgan fingerprint density at radius 3 is 2.32 bits per heavy atom. The van der Waals surface area contributed by atoms with E-state index in [0.29, 0.717) is 0 Å². The number of fused-ring (bicyclic) bond motifs is 1. The second kappa shape index (κ2) is 5.84. The molecule has 4 atom stereocenters. The first-order valence-electron chi connectivity index (χ1n) is 8.17. The Balaban J connectivity index is 2.04. The molecule has 0 saturated carbocycles. The first-order chi connectivity index (χ1) is 11.7. The molecule has 1 aromatic rings. The molecule has 0 aromatic heterocycles. The normalized spacial score (nSPS) is 31.2. The van der Waals surface area contributed by atoms with Gasteiger partial charge < -0.3 is 9.64 Å². The van der Waals surface area contributed by atoms with Crippen LogP contribution in [0.25, 0.3) is 0 Å². The Labute approximate surface area is 146 Å². The van der Waals surface area contributed by atoms with Crippen LogP contribution in [0, 0.1) is 11.8 Å². The number of anilines is 1. The minimum absolute atomic E-state index is 0.267. The molecule has 0 aliphatic carbocycles. The second-order valence-corrected chi connectivity index (χ2v) is 7.04. The number of carbonyl (C=O) groups is 3. The van der Waals surface area contributed by atoms with Crippen LogP contribution in [0.5, 0.6) is 0 Å². The Bertz CT molecular complexity index is 730. The van der Waals surface area contributed by atoms with Crippen LogP contribution in [0.1, 0.15) is 18.5 Å². The average molecular weight is 345 g/mol. The lowest BCUT2D eigenvalue weighted by Crippen LogP contribution is -2.53. The summed E-state index contributed by atoms with van der Waals surface area (Å²) < 4.78 is 4.91. The van der Waals surface area contributed by atoms with Crippen molar-refractivity contribution < 1.29 is 19.1 Å². The van der Waals surface area contributed by atoms with Crippen molar-refractivity contribution in [2.45, 2.75) is 18.5 Å². The van der Waals surface area contributed by atoms with Gasteiger partial charge in [-0.3, -0.25) is 24.6 Å². The van der Waals surface area contributed by atoms with Crippen molar-refractivity contribution in [2.75, 3.05) is 33.2 Å². The van der Waals surface area contributed by atoms with E-state index < -0.39 is 29.4 Å². The highest BCUT2D eigenvalue weighted by atomic mass is 16.5. The van der Waals surface area contributed by atoms with Crippen LogP contribution >= 0.6 is 0 Å². The highest BCUT2D eigenvalue weighted by molar-refractivity contribution is 6.09. The molecule has 3 rings (SSSR count). The molecule has 2 aliphatic heterocycles. The van der Waals surface area contributed by atoms with E-state index in [0.717, 1.165) is 16.2 Å². The molecule has 2 heterocycles. The molecule has 2 fully saturated rings. The van der Waals surface area contributed by atoms with Gasteiger partial charge in [-0.05, 0) is 24.6 Å². The van der Waals surface area contributed by atoms with E-state index in [1.807, 2.05) is 43.3 Å². The van der Waals surface area contributed by atoms with Crippen LogP contribution < -0.4 is 10.2 Å². The van der Waals surface area contributed by atoms with Gasteiger partial charge in [0.05, 0.1) is 18.9 Å². The summed E-state index contributed by atoms with van der Waals surface area (Å²) in [4.78, 5) is 40.7. The molecule has 25 heavy (non-hydrogen) atoms. The molecule has 0 bridgehead atoms. The van der Waals surface area contributed by atoms with Gasteiger partial charge in [-0.2, -0.15) is 0 Å². The number of amides is 2. The number of benzene rings is 1. The second-order valence-electron chi connectivity index (χ2n) is 7.04. The zero-order chi connectivity index (χ0) is 18.5. The monoisotopic (exact) mass is 345 g/mol. The molecule has 1 aromatic carbocycles. The molecule has 1 N–H and O–H groups in total. The third-order valence-corrected chi connectivity index (χ3v) is 5.39. The summed E-state index contributed by atoms with van der Waals surface area (Å²) in [7, 11) is 6.64. The van der Waals surface area contributed by atoms with E-state index in [4.69, 9.17) is 4.74 Å². The van der Waals surface area contributed by atoms with Gasteiger partial charge in [-0.25, -0.2) is 0 Å². The minimum Gasteiger partial charge on any atom is -0.468 e. The van der Waals surface area contributed by atoms with E-state index in [9.17, 15) is 14.4 Å². The van der Waals surface area contributed by atoms with Gasteiger partial charge in [0.2, 0.25) is 11.8 Å². The van der Waals surface area contributed by atoms with Gasteiger partial charge >= 0.3 is 5.97 Å². The van der Waals surface area contributed by atoms with Gasteiger partial charge in [-0.15, -0.1) is 0 Å². The molecule has 2 amide bonds. The fourth-order valence-corrected chi connectivity index (χ4v) is 3.95. The summed E-state index contributed by atoms with van der Waals surface area (Å²) in [5, 5.41) is 3.21. The number of ether oxygens (including phenoxy) is 1. The smallest absolute Gasteiger partial charge is 0.326 e. The van der Waals surface area contributed by atoms with E-state index >= 15 is 0 Å². The highest BCUT2D eigenvalue weighted by Gasteiger charge is 2.66. The number of methoxy groups -OCH3 is 1. The van der Waals surface area contributed by atoms with Crippen molar-refractivity contribution in [1.82, 2.24) is 10.2 Å². The molecule has 7 heteroatoms. The molecule has 134 valence electrons. The molecule has 4 unspecified atom stereocenters. The predicted octanol–water partition coefficient (Wildman–Crippen LogP) is 0.560. The van der Waals surface area contributed by atoms with Crippen LogP contribution in [0.4, 0.5) is 5.69 Å². The number of likely N-dealkylation sites (tertiary alicyclic amines) is 1. The molecule has 2 saturated heterocycles. The van der Waals surface area contributed by atoms with Crippen LogP contribution in [-0.4, -0.2) is 56.5 Å². The molecule has 0 spiro atoms. The maximum atomic E-state index is 12.7. The lowest BCUT2D eigenvalue weighted by atomic mass is 9.80. The highest BCUT2D eigenvalue weighted by Crippen LogP contribution is 2.48. The summed E-state index contributed by atoms with van der Waals surface area (Å²) in [6.07, 6.45) is 0. The van der Waals surface area contributed by atoms with Gasteiger partial charge in [0, 0.05) is 32.9 Å². The van der Waals surface area contributed by atoms with Crippen LogP contribution in [0.15, 0.2) is 24.3 Å². The van der Waals surface area contributed by atoms with Crippen molar-refractivity contribution in [3.63, 3.8) is 0 Å². The molecule has 7 nitrogen and oxygen atoms in total. The quantitative estimate of drug-likeness (QED) is 0.637. The fourth-order valence-electron chi connectivity index (χ4n) is 3.95. The lowest BCUT2D eigenvalue weighted by molar-refractivity contribution is -0.152. The minimum atomic E-state index is -1.23. The van der Waals surface area contributed by atoms with Crippen LogP contribution in [0.3, 0.4) is 0 Å². The zero-order valence-electron chi connectivity index (χ0n) is 15.1. The number of nitrogens with one attached hydrogen (secondary N) is 1. The van der Waals surface area contributed by atoms with E-state index in [2.05, 4.69) is 5.32 Å². The van der Waals surface area contributed by atoms with Crippen LogP contribution in [0.2, 0.25) is 0 Å². The van der Waals surface area contributed by atoms with Gasteiger partial charge in [-0.1, -0.05) is 12.1 Å². The Morgan fingerprint density at radius 1 is 1.20 bits per heavy atom. The Hall–Kier alpha value is -2.41. The van der Waals surface area contributed by atoms with Crippen molar-refractivity contribution in [3.8, 4) is 0 Å². The van der Waals surface area contributed by atoms with E-state index in [1.165, 1.54) is 14.2 Å². The molecule has 2 aliphatic rings. The molecule has 0 radical (unpaired) electrons. The predicted molar refractivity (Wildman–Crippen MR) is 91.8 cm³/mol. The first kappa shape index (κ1) is 17.4. The largest absolute Gasteiger partial charge is 0.468 e. The third kappa shape index (κ3) is 2.41. The van der Waals surface area contributed by atoms with Crippen molar-refractivity contribution in [1.29, 1.82) is 0 Å². The fraction of sp³-hybridized carbons (Fsp3) is 0.500. The number of hydrogen-bond donors (Lipinski definition) is 1. The average Bonchev–Trinajstić information content (AvgIpc) is 3.04. The topological polar surface area (TPSA) is 79.0 Å². The first-order valence-corrected chi connectivity index (χ1v) is 8.17. The summed E-state index contributed by atoms with van der Waals surface area (Å²) in [6, 6.07) is 7.31. The van der Waals surface area contributed by atoms with Gasteiger partial charge in [0.1, 0.15) is 5.54 Å². The number of hydrogen-bond acceptors (Lipinski definition) is 6. The zero-order valence-corrected chi connectivity index (χ0v) is 15.1. The van der Waals surface area contributed by atoms with Crippen molar-refractivity contribution >= 4 is 23.5 Å². The summed E-state index contributed by atoms with van der Waals surface area (Å²) in [5.74, 6) is -2.53. The third-order valence-electron chi connectivity index (χ3n) is 5.39. The maximum absolute atomic E-state index is 12.7. The number of rotatable bonds is 3. The SMILES string of the molecule is COC(=O)C1(C)NC(c2ccc(N(C)C)cc2)C2C(=O)N(C)C(=O)C21. The lowest BCUT2D eigenvalue weighted by Gasteiger charge is -2.28. The Kier molecular flexibility index (Phi) is 4.07. The standard InChI is InChI=1S/C18H23N3O4/c1-18(17(24)25-5)13-12(15(22)21(4)16(13)23)14(19-18)10-6-8-11(9-7-10)20(2)3/h6-9,12-14,19H,1-5H3. The summed E-state index contributed by atoms with van der Waals surface area (Å²) in [5.41, 5.74) is 0.659. The maximum Gasteiger partial charge on any atom is 0.326 e. The number of carbonyl (C=O) groups excluding carboxylic acids is 3.